The van der Waals surface area contributed by atoms with E-state index in [9.17, 15) is 18.0 Å². The molecule has 0 amide bonds. The predicted octanol–water partition coefficient (Wildman–Crippen LogP) is 2.62. The maximum atomic E-state index is 11.9. The van der Waals surface area contributed by atoms with Crippen LogP contribution >= 0.6 is 15.9 Å². The fraction of sp³-hybridized carbons (Fsp3) is 0.333. The first-order valence-electron chi connectivity index (χ1n) is 4.31. The highest BCUT2D eigenvalue weighted by molar-refractivity contribution is 9.08. The molecule has 0 aliphatic rings. The van der Waals surface area contributed by atoms with E-state index in [1.54, 1.807) is 0 Å². The number of ether oxygens (including phenoxy) is 1. The van der Waals surface area contributed by atoms with Gasteiger partial charge in [0.1, 0.15) is 0 Å². The molecule has 4 nitrogen and oxygen atoms in total. The molecule has 0 fully saturated rings. The number of aromatic carboxylic acids is 1. The Morgan fingerprint density at radius 3 is 2.65 bits per heavy atom. The van der Waals surface area contributed by atoms with Crippen LogP contribution in [0.1, 0.15) is 15.9 Å². The van der Waals surface area contributed by atoms with Crippen LogP contribution in [0.2, 0.25) is 0 Å². The minimum atomic E-state index is -4.46. The van der Waals surface area contributed by atoms with Gasteiger partial charge in [-0.3, -0.25) is 0 Å². The highest BCUT2D eigenvalue weighted by atomic mass is 79.9. The zero-order valence-electron chi connectivity index (χ0n) is 8.29. The minimum Gasteiger partial charge on any atom is -0.478 e. The van der Waals surface area contributed by atoms with E-state index in [-0.39, 0.29) is 22.3 Å². The van der Waals surface area contributed by atoms with Gasteiger partial charge in [0, 0.05) is 17.1 Å². The molecule has 1 N–H and O–H groups in total. The first-order chi connectivity index (χ1) is 7.83. The molecule has 8 heteroatoms. The summed E-state index contributed by atoms with van der Waals surface area (Å²) < 4.78 is 40.2. The van der Waals surface area contributed by atoms with Crippen molar-refractivity contribution in [2.75, 3.05) is 6.61 Å². The van der Waals surface area contributed by atoms with Gasteiger partial charge in [-0.2, -0.15) is 13.2 Å². The third-order valence-corrected chi connectivity index (χ3v) is 2.29. The quantitative estimate of drug-likeness (QED) is 0.868. The molecule has 1 aromatic heterocycles. The van der Waals surface area contributed by atoms with Crippen molar-refractivity contribution in [2.45, 2.75) is 11.5 Å². The Kier molecular flexibility index (Phi) is 4.33. The second-order valence-corrected chi connectivity index (χ2v) is 3.59. The number of carboxylic acids is 1. The lowest BCUT2D eigenvalue weighted by Gasteiger charge is -2.11. The summed E-state index contributed by atoms with van der Waals surface area (Å²) >= 11 is 3.02. The molecule has 0 radical (unpaired) electrons. The molecule has 0 aliphatic carbocycles. The van der Waals surface area contributed by atoms with E-state index in [4.69, 9.17) is 5.11 Å². The average molecular weight is 314 g/mol. The number of aromatic nitrogens is 1. The van der Waals surface area contributed by atoms with Crippen LogP contribution in [0.5, 0.6) is 5.88 Å². The molecule has 0 bridgehead atoms. The third kappa shape index (κ3) is 4.22. The van der Waals surface area contributed by atoms with Gasteiger partial charge in [0.2, 0.25) is 5.88 Å². The van der Waals surface area contributed by atoms with Gasteiger partial charge < -0.3 is 9.84 Å². The third-order valence-electron chi connectivity index (χ3n) is 1.69. The topological polar surface area (TPSA) is 59.4 Å². The number of hydrogen-bond acceptors (Lipinski definition) is 3. The van der Waals surface area contributed by atoms with Gasteiger partial charge in [-0.1, -0.05) is 15.9 Å². The normalized spacial score (nSPS) is 11.3. The molecule has 0 spiro atoms. The lowest BCUT2D eigenvalue weighted by atomic mass is 10.2. The Morgan fingerprint density at radius 2 is 2.18 bits per heavy atom. The van der Waals surface area contributed by atoms with Crippen molar-refractivity contribution in [3.05, 3.63) is 23.4 Å². The van der Waals surface area contributed by atoms with Gasteiger partial charge in [0.25, 0.3) is 0 Å². The fourth-order valence-corrected chi connectivity index (χ4v) is 1.39. The standard InChI is InChI=1S/C9H7BrF3NO3/c10-2-5-1-6(8(15)16)3-14-7(5)17-4-9(11,12)13/h1,3H,2,4H2,(H,15,16). The molecule has 1 rings (SSSR count). The SMILES string of the molecule is O=C(O)c1cnc(OCC(F)(F)F)c(CBr)c1. The molecule has 0 atom stereocenters. The summed E-state index contributed by atoms with van der Waals surface area (Å²) in [6, 6.07) is 1.20. The zero-order valence-corrected chi connectivity index (χ0v) is 9.88. The van der Waals surface area contributed by atoms with E-state index in [2.05, 4.69) is 25.7 Å². The highest BCUT2D eigenvalue weighted by Crippen LogP contribution is 2.22. The Bertz CT molecular complexity index is 422. The number of halogens is 4. The van der Waals surface area contributed by atoms with Crippen molar-refractivity contribution in [1.82, 2.24) is 4.98 Å². The number of rotatable bonds is 4. The number of alkyl halides is 4. The van der Waals surface area contributed by atoms with E-state index in [1.807, 2.05) is 0 Å². The van der Waals surface area contributed by atoms with Crippen molar-refractivity contribution in [3.8, 4) is 5.88 Å². The van der Waals surface area contributed by atoms with Gasteiger partial charge in [-0.05, 0) is 6.07 Å². The molecule has 0 saturated carbocycles. The Hall–Kier alpha value is -1.31. The molecule has 17 heavy (non-hydrogen) atoms. The van der Waals surface area contributed by atoms with Crippen LogP contribution in [0, 0.1) is 0 Å². The summed E-state index contributed by atoms with van der Waals surface area (Å²) in [6.45, 7) is -1.47. The molecule has 1 aromatic rings. The largest absolute Gasteiger partial charge is 0.478 e. The number of hydrogen-bond donors (Lipinski definition) is 1. The molecule has 1 heterocycles. The summed E-state index contributed by atoms with van der Waals surface area (Å²) in [5.74, 6) is -1.44. The number of nitrogens with zero attached hydrogens (tertiary/aromatic N) is 1. The second-order valence-electron chi connectivity index (χ2n) is 3.03. The lowest BCUT2D eigenvalue weighted by molar-refractivity contribution is -0.154. The summed E-state index contributed by atoms with van der Waals surface area (Å²) in [5.41, 5.74) is 0.132. The second kappa shape index (κ2) is 5.35. The molecule has 94 valence electrons. The van der Waals surface area contributed by atoms with Gasteiger partial charge in [-0.15, -0.1) is 0 Å². The molecule has 0 saturated heterocycles. The first-order valence-corrected chi connectivity index (χ1v) is 5.43. The van der Waals surface area contributed by atoms with Gasteiger partial charge >= 0.3 is 12.1 Å². The van der Waals surface area contributed by atoms with Crippen LogP contribution < -0.4 is 4.74 Å². The number of carboxylic acid groups (broad SMARTS) is 1. The van der Waals surface area contributed by atoms with Crippen LogP contribution in [0.3, 0.4) is 0 Å². The minimum absolute atomic E-state index is 0.112. The van der Waals surface area contributed by atoms with E-state index in [0.29, 0.717) is 0 Å². The van der Waals surface area contributed by atoms with Gasteiger partial charge in [0.15, 0.2) is 6.61 Å². The van der Waals surface area contributed by atoms with Crippen LogP contribution in [-0.4, -0.2) is 28.8 Å². The van der Waals surface area contributed by atoms with E-state index in [0.717, 1.165) is 6.20 Å². The summed E-state index contributed by atoms with van der Waals surface area (Å²) in [6.07, 6.45) is -3.52. The number of pyridine rings is 1. The molecule has 0 aliphatic heterocycles. The van der Waals surface area contributed by atoms with Crippen molar-refractivity contribution < 1.29 is 27.8 Å². The Labute approximate surface area is 103 Å². The van der Waals surface area contributed by atoms with Crippen LogP contribution in [0.25, 0.3) is 0 Å². The van der Waals surface area contributed by atoms with Crippen molar-refractivity contribution in [3.63, 3.8) is 0 Å². The van der Waals surface area contributed by atoms with Gasteiger partial charge in [0.05, 0.1) is 5.56 Å². The van der Waals surface area contributed by atoms with Crippen LogP contribution in [0.4, 0.5) is 13.2 Å². The maximum Gasteiger partial charge on any atom is 0.422 e. The summed E-state index contributed by atoms with van der Waals surface area (Å²) in [5, 5.41) is 8.83. The fourth-order valence-electron chi connectivity index (χ4n) is 0.991. The summed E-state index contributed by atoms with van der Waals surface area (Å²) in [7, 11) is 0. The predicted molar refractivity (Wildman–Crippen MR) is 55.4 cm³/mol. The van der Waals surface area contributed by atoms with Crippen LogP contribution in [0.15, 0.2) is 12.3 Å². The molecule has 0 aromatic carbocycles. The smallest absolute Gasteiger partial charge is 0.422 e. The average Bonchev–Trinajstić information content (AvgIpc) is 2.24. The molecular weight excluding hydrogens is 307 g/mol. The van der Waals surface area contributed by atoms with E-state index in [1.165, 1.54) is 6.07 Å². The van der Waals surface area contributed by atoms with Crippen molar-refractivity contribution >= 4 is 21.9 Å². The monoisotopic (exact) mass is 313 g/mol. The lowest BCUT2D eigenvalue weighted by Crippen LogP contribution is -2.20. The van der Waals surface area contributed by atoms with E-state index >= 15 is 0 Å². The zero-order chi connectivity index (χ0) is 13.1. The molecular formula is C9H7BrF3NO3. The maximum absolute atomic E-state index is 11.9. The summed E-state index contributed by atoms with van der Waals surface area (Å²) in [4.78, 5) is 14.2. The van der Waals surface area contributed by atoms with Crippen molar-refractivity contribution in [2.24, 2.45) is 0 Å². The molecule has 0 unspecified atom stereocenters. The Balaban J connectivity index is 2.89. The van der Waals surface area contributed by atoms with Crippen LogP contribution in [-0.2, 0) is 5.33 Å². The Morgan fingerprint density at radius 1 is 1.53 bits per heavy atom. The highest BCUT2D eigenvalue weighted by Gasteiger charge is 2.29. The first kappa shape index (κ1) is 13.8. The van der Waals surface area contributed by atoms with E-state index < -0.39 is 18.8 Å². The number of carbonyl (C=O) groups is 1. The van der Waals surface area contributed by atoms with Gasteiger partial charge in [-0.25, -0.2) is 9.78 Å². The van der Waals surface area contributed by atoms with Crippen molar-refractivity contribution in [1.29, 1.82) is 0 Å².